The highest BCUT2D eigenvalue weighted by molar-refractivity contribution is 5.94. The molecular formula is C20H30N2O3. The molecule has 138 valence electrons. The van der Waals surface area contributed by atoms with Crippen molar-refractivity contribution < 1.29 is 14.3 Å². The van der Waals surface area contributed by atoms with Gasteiger partial charge in [0, 0.05) is 44.9 Å². The molecule has 0 radical (unpaired) electrons. The van der Waals surface area contributed by atoms with Gasteiger partial charge in [0.2, 0.25) is 0 Å². The first kappa shape index (κ1) is 18.2. The average Bonchev–Trinajstić information content (AvgIpc) is 2.61. The van der Waals surface area contributed by atoms with Crippen LogP contribution in [0.1, 0.15) is 37.0 Å². The van der Waals surface area contributed by atoms with Crippen LogP contribution in [0.15, 0.2) is 24.3 Å². The lowest BCUT2D eigenvalue weighted by atomic mass is 9.88. The van der Waals surface area contributed by atoms with Gasteiger partial charge in [-0.1, -0.05) is 6.07 Å². The number of ether oxygens (including phenoxy) is 2. The first-order chi connectivity index (χ1) is 12.0. The summed E-state index contributed by atoms with van der Waals surface area (Å²) in [4.78, 5) is 17.1. The standard InChI is InChI=1S/C20H30N2O3/c1-20(2)14-16(7-12-25-20)15-21-8-10-22(11-9-21)19(23)17-5-4-6-18(13-17)24-3/h4-6,13,16H,7-12,14-15H2,1-3H3/t16-/m1/s1. The molecule has 1 aromatic rings. The van der Waals surface area contributed by atoms with Crippen molar-refractivity contribution in [3.05, 3.63) is 29.8 Å². The predicted molar refractivity (Wildman–Crippen MR) is 98.1 cm³/mol. The lowest BCUT2D eigenvalue weighted by molar-refractivity contribution is -0.0778. The van der Waals surface area contributed by atoms with Crippen molar-refractivity contribution in [1.82, 2.24) is 9.80 Å². The largest absolute Gasteiger partial charge is 0.497 e. The molecule has 5 heteroatoms. The molecule has 0 spiro atoms. The van der Waals surface area contributed by atoms with E-state index < -0.39 is 0 Å². The molecule has 25 heavy (non-hydrogen) atoms. The molecule has 0 unspecified atom stereocenters. The van der Waals surface area contributed by atoms with E-state index >= 15 is 0 Å². The molecule has 0 bridgehead atoms. The van der Waals surface area contributed by atoms with Gasteiger partial charge in [-0.3, -0.25) is 9.69 Å². The van der Waals surface area contributed by atoms with Gasteiger partial charge in [-0.25, -0.2) is 0 Å². The molecule has 2 aliphatic heterocycles. The minimum absolute atomic E-state index is 0.00701. The summed E-state index contributed by atoms with van der Waals surface area (Å²) in [5.74, 6) is 1.53. The van der Waals surface area contributed by atoms with Gasteiger partial charge in [-0.15, -0.1) is 0 Å². The summed E-state index contributed by atoms with van der Waals surface area (Å²) < 4.78 is 11.0. The molecule has 0 N–H and O–H groups in total. The van der Waals surface area contributed by atoms with Crippen LogP contribution in [0, 0.1) is 5.92 Å². The number of methoxy groups -OCH3 is 1. The number of carbonyl (C=O) groups excluding carboxylic acids is 1. The monoisotopic (exact) mass is 346 g/mol. The molecule has 1 aromatic carbocycles. The van der Waals surface area contributed by atoms with Crippen LogP contribution >= 0.6 is 0 Å². The second kappa shape index (κ2) is 7.75. The van der Waals surface area contributed by atoms with Crippen LogP contribution in [0.3, 0.4) is 0 Å². The fraction of sp³-hybridized carbons (Fsp3) is 0.650. The molecule has 1 amide bonds. The van der Waals surface area contributed by atoms with Crippen molar-refractivity contribution in [3.63, 3.8) is 0 Å². The maximum absolute atomic E-state index is 12.7. The zero-order valence-corrected chi connectivity index (χ0v) is 15.7. The molecule has 2 aliphatic rings. The molecule has 0 saturated carbocycles. The van der Waals surface area contributed by atoms with Gasteiger partial charge in [-0.2, -0.15) is 0 Å². The van der Waals surface area contributed by atoms with E-state index in [0.717, 1.165) is 57.9 Å². The third kappa shape index (κ3) is 4.73. The van der Waals surface area contributed by atoms with E-state index in [1.165, 1.54) is 0 Å². The molecular weight excluding hydrogens is 316 g/mol. The van der Waals surface area contributed by atoms with Gasteiger partial charge in [-0.05, 0) is 50.8 Å². The van der Waals surface area contributed by atoms with Gasteiger partial charge < -0.3 is 14.4 Å². The molecule has 2 saturated heterocycles. The van der Waals surface area contributed by atoms with Crippen molar-refractivity contribution in [1.29, 1.82) is 0 Å². The highest BCUT2D eigenvalue weighted by atomic mass is 16.5. The van der Waals surface area contributed by atoms with Crippen LogP contribution < -0.4 is 4.74 Å². The molecule has 2 heterocycles. The van der Waals surface area contributed by atoms with Gasteiger partial charge in [0.1, 0.15) is 5.75 Å². The number of carbonyl (C=O) groups is 1. The maximum Gasteiger partial charge on any atom is 0.254 e. The van der Waals surface area contributed by atoms with Crippen molar-refractivity contribution in [2.24, 2.45) is 5.92 Å². The normalized spacial score (nSPS) is 24.1. The second-order valence-corrected chi connectivity index (χ2v) is 7.79. The van der Waals surface area contributed by atoms with Gasteiger partial charge in [0.05, 0.1) is 12.7 Å². The minimum Gasteiger partial charge on any atom is -0.497 e. The molecule has 2 fully saturated rings. The number of rotatable bonds is 4. The Hall–Kier alpha value is -1.59. The van der Waals surface area contributed by atoms with E-state index in [-0.39, 0.29) is 11.5 Å². The summed E-state index contributed by atoms with van der Waals surface area (Å²) in [6, 6.07) is 7.42. The zero-order chi connectivity index (χ0) is 17.9. The summed E-state index contributed by atoms with van der Waals surface area (Å²) >= 11 is 0. The highest BCUT2D eigenvalue weighted by Gasteiger charge is 2.31. The quantitative estimate of drug-likeness (QED) is 0.841. The summed E-state index contributed by atoms with van der Waals surface area (Å²) in [6.07, 6.45) is 2.27. The Bertz CT molecular complexity index is 594. The summed E-state index contributed by atoms with van der Waals surface area (Å²) in [6.45, 7) is 9.85. The molecule has 1 atom stereocenters. The maximum atomic E-state index is 12.7. The van der Waals surface area contributed by atoms with Crippen LogP contribution in [0.25, 0.3) is 0 Å². The Balaban J connectivity index is 1.50. The van der Waals surface area contributed by atoms with Crippen LogP contribution in [0.5, 0.6) is 5.75 Å². The Morgan fingerprint density at radius 1 is 1.28 bits per heavy atom. The fourth-order valence-electron chi connectivity index (χ4n) is 3.95. The Kier molecular flexibility index (Phi) is 5.64. The fourth-order valence-corrected chi connectivity index (χ4v) is 3.95. The van der Waals surface area contributed by atoms with Crippen molar-refractivity contribution in [3.8, 4) is 5.75 Å². The van der Waals surface area contributed by atoms with Crippen molar-refractivity contribution in [2.75, 3.05) is 46.4 Å². The number of hydrogen-bond donors (Lipinski definition) is 0. The predicted octanol–water partition coefficient (Wildman–Crippen LogP) is 2.66. The van der Waals surface area contributed by atoms with Crippen LogP contribution in [-0.4, -0.2) is 67.7 Å². The number of amides is 1. The van der Waals surface area contributed by atoms with Gasteiger partial charge in [0.15, 0.2) is 0 Å². The highest BCUT2D eigenvalue weighted by Crippen LogP contribution is 2.29. The molecule has 5 nitrogen and oxygen atoms in total. The SMILES string of the molecule is COc1cccc(C(=O)N2CCN(C[C@@H]3CCOC(C)(C)C3)CC2)c1. The molecule has 3 rings (SSSR count). The van der Waals surface area contributed by atoms with Crippen LogP contribution in [-0.2, 0) is 4.74 Å². The first-order valence-electron chi connectivity index (χ1n) is 9.26. The van der Waals surface area contributed by atoms with E-state index in [9.17, 15) is 4.79 Å². The minimum atomic E-state index is 0.00701. The van der Waals surface area contributed by atoms with E-state index in [1.807, 2.05) is 29.2 Å². The van der Waals surface area contributed by atoms with Crippen LogP contribution in [0.2, 0.25) is 0 Å². The van der Waals surface area contributed by atoms with Crippen LogP contribution in [0.4, 0.5) is 0 Å². The molecule has 0 aliphatic carbocycles. The van der Waals surface area contributed by atoms with E-state index in [1.54, 1.807) is 7.11 Å². The lowest BCUT2D eigenvalue weighted by Crippen LogP contribution is -2.50. The lowest BCUT2D eigenvalue weighted by Gasteiger charge is -2.40. The topological polar surface area (TPSA) is 42.0 Å². The summed E-state index contributed by atoms with van der Waals surface area (Å²) in [7, 11) is 1.62. The third-order valence-corrected chi connectivity index (χ3v) is 5.29. The number of benzene rings is 1. The van der Waals surface area contributed by atoms with Gasteiger partial charge >= 0.3 is 0 Å². The third-order valence-electron chi connectivity index (χ3n) is 5.29. The summed E-state index contributed by atoms with van der Waals surface area (Å²) in [5.41, 5.74) is 0.714. The summed E-state index contributed by atoms with van der Waals surface area (Å²) in [5, 5.41) is 0. The van der Waals surface area contributed by atoms with Crippen molar-refractivity contribution >= 4 is 5.91 Å². The number of piperazine rings is 1. The van der Waals surface area contributed by atoms with E-state index in [0.29, 0.717) is 11.5 Å². The van der Waals surface area contributed by atoms with Crippen molar-refractivity contribution in [2.45, 2.75) is 32.3 Å². The zero-order valence-electron chi connectivity index (χ0n) is 15.7. The van der Waals surface area contributed by atoms with Gasteiger partial charge in [0.25, 0.3) is 5.91 Å². The Morgan fingerprint density at radius 3 is 2.72 bits per heavy atom. The first-order valence-corrected chi connectivity index (χ1v) is 9.26. The molecule has 0 aromatic heterocycles. The Morgan fingerprint density at radius 2 is 2.04 bits per heavy atom. The second-order valence-electron chi connectivity index (χ2n) is 7.79. The van der Waals surface area contributed by atoms with E-state index in [2.05, 4.69) is 18.7 Å². The average molecular weight is 346 g/mol. The van der Waals surface area contributed by atoms with E-state index in [4.69, 9.17) is 9.47 Å². The Labute approximate surface area is 150 Å². The number of nitrogens with zero attached hydrogens (tertiary/aromatic N) is 2. The number of hydrogen-bond acceptors (Lipinski definition) is 4. The smallest absolute Gasteiger partial charge is 0.254 e.